The summed E-state index contributed by atoms with van der Waals surface area (Å²) in [5.74, 6) is 0. The van der Waals surface area contributed by atoms with E-state index in [9.17, 15) is 8.42 Å². The highest BCUT2D eigenvalue weighted by Gasteiger charge is 2.16. The molecule has 0 amide bonds. The van der Waals surface area contributed by atoms with E-state index in [4.69, 9.17) is 0 Å². The van der Waals surface area contributed by atoms with E-state index >= 15 is 0 Å². The molecule has 0 saturated carbocycles. The lowest BCUT2D eigenvalue weighted by Crippen LogP contribution is -2.32. The van der Waals surface area contributed by atoms with Gasteiger partial charge in [0.2, 0.25) is 10.0 Å². The van der Waals surface area contributed by atoms with Gasteiger partial charge in [-0.2, -0.15) is 0 Å². The number of sulfonamides is 1. The van der Waals surface area contributed by atoms with Gasteiger partial charge in [0.15, 0.2) is 0 Å². The van der Waals surface area contributed by atoms with Crippen LogP contribution < -0.4 is 4.72 Å². The molecule has 4 heteroatoms. The molecule has 0 spiro atoms. The molecule has 0 fully saturated rings. The van der Waals surface area contributed by atoms with Gasteiger partial charge in [-0.25, -0.2) is 13.1 Å². The van der Waals surface area contributed by atoms with Crippen LogP contribution in [-0.2, 0) is 10.0 Å². The van der Waals surface area contributed by atoms with Crippen LogP contribution in [0.1, 0.15) is 45.1 Å². The second kappa shape index (κ2) is 6.90. The SMILES string of the molecule is CCCCC[C@H](C)NS(=O)(=O)c1ccc(C)cc1. The van der Waals surface area contributed by atoms with Gasteiger partial charge in [-0.15, -0.1) is 0 Å². The van der Waals surface area contributed by atoms with Crippen LogP contribution in [-0.4, -0.2) is 14.5 Å². The molecular weight excluding hydrogens is 246 g/mol. The summed E-state index contributed by atoms with van der Waals surface area (Å²) in [5, 5.41) is 0. The highest BCUT2D eigenvalue weighted by molar-refractivity contribution is 7.89. The van der Waals surface area contributed by atoms with E-state index in [2.05, 4.69) is 11.6 Å². The van der Waals surface area contributed by atoms with Crippen molar-refractivity contribution in [3.8, 4) is 0 Å². The second-order valence-electron chi connectivity index (χ2n) is 4.83. The first-order chi connectivity index (χ1) is 8.45. The van der Waals surface area contributed by atoms with E-state index < -0.39 is 10.0 Å². The van der Waals surface area contributed by atoms with Gasteiger partial charge in [0.1, 0.15) is 0 Å². The Labute approximate surface area is 111 Å². The molecule has 1 rings (SSSR count). The van der Waals surface area contributed by atoms with E-state index in [1.807, 2.05) is 26.0 Å². The van der Waals surface area contributed by atoms with Gasteiger partial charge in [-0.05, 0) is 32.4 Å². The van der Waals surface area contributed by atoms with Crippen molar-refractivity contribution in [3.05, 3.63) is 29.8 Å². The molecule has 0 aliphatic rings. The number of unbranched alkanes of at least 4 members (excludes halogenated alkanes) is 2. The van der Waals surface area contributed by atoms with Gasteiger partial charge >= 0.3 is 0 Å². The highest BCUT2D eigenvalue weighted by Crippen LogP contribution is 2.12. The second-order valence-corrected chi connectivity index (χ2v) is 6.55. The largest absolute Gasteiger partial charge is 0.240 e. The van der Waals surface area contributed by atoms with E-state index in [0.717, 1.165) is 31.2 Å². The number of rotatable bonds is 7. The molecule has 3 nitrogen and oxygen atoms in total. The van der Waals surface area contributed by atoms with Gasteiger partial charge in [-0.1, -0.05) is 43.9 Å². The lowest BCUT2D eigenvalue weighted by Gasteiger charge is -2.14. The predicted octanol–water partition coefficient (Wildman–Crippen LogP) is 3.24. The first-order valence-electron chi connectivity index (χ1n) is 6.54. The molecule has 1 aromatic rings. The van der Waals surface area contributed by atoms with Crippen LogP contribution in [0.3, 0.4) is 0 Å². The van der Waals surface area contributed by atoms with Gasteiger partial charge in [0.05, 0.1) is 4.90 Å². The number of hydrogen-bond donors (Lipinski definition) is 1. The smallest absolute Gasteiger partial charge is 0.208 e. The summed E-state index contributed by atoms with van der Waals surface area (Å²) < 4.78 is 26.9. The Kier molecular flexibility index (Phi) is 5.82. The molecule has 0 unspecified atom stereocenters. The number of aryl methyl sites for hydroxylation is 1. The Morgan fingerprint density at radius 3 is 2.33 bits per heavy atom. The van der Waals surface area contributed by atoms with Crippen LogP contribution in [0.25, 0.3) is 0 Å². The maximum Gasteiger partial charge on any atom is 0.240 e. The molecular formula is C14H23NO2S. The Balaban J connectivity index is 2.61. The van der Waals surface area contributed by atoms with Crippen molar-refractivity contribution < 1.29 is 8.42 Å². The van der Waals surface area contributed by atoms with Crippen LogP contribution in [0.15, 0.2) is 29.2 Å². The summed E-state index contributed by atoms with van der Waals surface area (Å²) in [4.78, 5) is 0.343. The van der Waals surface area contributed by atoms with Crippen molar-refractivity contribution in [1.29, 1.82) is 0 Å². The van der Waals surface area contributed by atoms with Gasteiger partial charge in [-0.3, -0.25) is 0 Å². The Hall–Kier alpha value is -0.870. The molecule has 1 atom stereocenters. The molecule has 0 saturated heterocycles. The van der Waals surface area contributed by atoms with Crippen LogP contribution in [0.4, 0.5) is 0 Å². The number of hydrogen-bond acceptors (Lipinski definition) is 2. The van der Waals surface area contributed by atoms with Crippen LogP contribution in [0.5, 0.6) is 0 Å². The zero-order valence-corrected chi connectivity index (χ0v) is 12.3. The molecule has 0 bridgehead atoms. The maximum atomic E-state index is 12.1. The summed E-state index contributed by atoms with van der Waals surface area (Å²) in [6, 6.07) is 6.92. The lowest BCUT2D eigenvalue weighted by atomic mass is 10.1. The normalized spacial score (nSPS) is 13.5. The average Bonchev–Trinajstić information content (AvgIpc) is 2.29. The number of benzene rings is 1. The third-order valence-corrected chi connectivity index (χ3v) is 4.53. The first kappa shape index (κ1) is 15.2. The van der Waals surface area contributed by atoms with Crippen LogP contribution in [0, 0.1) is 6.92 Å². The topological polar surface area (TPSA) is 46.2 Å². The standard InChI is InChI=1S/C14H23NO2S/c1-4-5-6-7-13(3)15-18(16,17)14-10-8-12(2)9-11-14/h8-11,13,15H,4-7H2,1-3H3/t13-/m0/s1. The van der Waals surface area contributed by atoms with Crippen molar-refractivity contribution in [2.24, 2.45) is 0 Å². The zero-order chi connectivity index (χ0) is 13.6. The maximum absolute atomic E-state index is 12.1. The summed E-state index contributed by atoms with van der Waals surface area (Å²) in [6.07, 6.45) is 4.25. The van der Waals surface area contributed by atoms with Crippen molar-refractivity contribution in [2.45, 2.75) is 57.4 Å². The molecule has 0 radical (unpaired) electrons. The van der Waals surface area contributed by atoms with Gasteiger partial charge < -0.3 is 0 Å². The minimum atomic E-state index is -3.36. The number of nitrogens with one attached hydrogen (secondary N) is 1. The van der Waals surface area contributed by atoms with E-state index in [0.29, 0.717) is 4.90 Å². The fourth-order valence-corrected chi connectivity index (χ4v) is 3.09. The minimum Gasteiger partial charge on any atom is -0.208 e. The third kappa shape index (κ3) is 4.78. The zero-order valence-electron chi connectivity index (χ0n) is 11.4. The quantitative estimate of drug-likeness (QED) is 0.772. The fraction of sp³-hybridized carbons (Fsp3) is 0.571. The van der Waals surface area contributed by atoms with Crippen molar-refractivity contribution in [1.82, 2.24) is 4.72 Å². The molecule has 0 aromatic heterocycles. The lowest BCUT2D eigenvalue weighted by molar-refractivity contribution is 0.527. The third-order valence-electron chi connectivity index (χ3n) is 2.93. The molecule has 18 heavy (non-hydrogen) atoms. The van der Waals surface area contributed by atoms with Crippen molar-refractivity contribution in [3.63, 3.8) is 0 Å². The average molecular weight is 269 g/mol. The van der Waals surface area contributed by atoms with Crippen molar-refractivity contribution in [2.75, 3.05) is 0 Å². The predicted molar refractivity (Wildman–Crippen MR) is 75.1 cm³/mol. The van der Waals surface area contributed by atoms with E-state index in [1.54, 1.807) is 12.1 Å². The van der Waals surface area contributed by atoms with Crippen LogP contribution >= 0.6 is 0 Å². The molecule has 0 aliphatic carbocycles. The molecule has 1 aromatic carbocycles. The Morgan fingerprint density at radius 1 is 1.17 bits per heavy atom. The Morgan fingerprint density at radius 2 is 1.78 bits per heavy atom. The monoisotopic (exact) mass is 269 g/mol. The highest BCUT2D eigenvalue weighted by atomic mass is 32.2. The molecule has 1 N–H and O–H groups in total. The minimum absolute atomic E-state index is 0.0112. The van der Waals surface area contributed by atoms with E-state index in [-0.39, 0.29) is 6.04 Å². The molecule has 0 aliphatic heterocycles. The summed E-state index contributed by atoms with van der Waals surface area (Å²) in [5.41, 5.74) is 1.06. The molecule has 102 valence electrons. The van der Waals surface area contributed by atoms with Crippen molar-refractivity contribution >= 4 is 10.0 Å². The summed E-state index contributed by atoms with van der Waals surface area (Å²) in [7, 11) is -3.36. The van der Waals surface area contributed by atoms with Crippen LogP contribution in [0.2, 0.25) is 0 Å². The fourth-order valence-electron chi connectivity index (χ4n) is 1.81. The summed E-state index contributed by atoms with van der Waals surface area (Å²) >= 11 is 0. The van der Waals surface area contributed by atoms with Gasteiger partial charge in [0, 0.05) is 6.04 Å². The Bertz CT molecular complexity index is 451. The first-order valence-corrected chi connectivity index (χ1v) is 8.03. The summed E-state index contributed by atoms with van der Waals surface area (Å²) in [6.45, 7) is 6.00. The molecule has 0 heterocycles. The van der Waals surface area contributed by atoms with Gasteiger partial charge in [0.25, 0.3) is 0 Å². The van der Waals surface area contributed by atoms with E-state index in [1.165, 1.54) is 0 Å².